The highest BCUT2D eigenvalue weighted by atomic mass is 79.9. The minimum Gasteiger partial charge on any atom is -0.405 e. The van der Waals surface area contributed by atoms with Gasteiger partial charge in [0.15, 0.2) is 0 Å². The van der Waals surface area contributed by atoms with E-state index in [1.54, 1.807) is 12.1 Å². The first-order valence-electron chi connectivity index (χ1n) is 11.4. The lowest BCUT2D eigenvalue weighted by molar-refractivity contribution is -0.274. The number of aromatic nitrogens is 2. The van der Waals surface area contributed by atoms with Gasteiger partial charge in [-0.25, -0.2) is 4.98 Å². The molecule has 0 unspecified atom stereocenters. The Morgan fingerprint density at radius 3 is 2.40 bits per heavy atom. The summed E-state index contributed by atoms with van der Waals surface area (Å²) in [6.45, 7) is 0.320. The van der Waals surface area contributed by atoms with E-state index < -0.39 is 6.36 Å². The molecule has 0 bridgehead atoms. The third-order valence-electron chi connectivity index (χ3n) is 6.32. The van der Waals surface area contributed by atoms with Crippen LogP contribution in [-0.4, -0.2) is 35.5 Å². The van der Waals surface area contributed by atoms with Crippen LogP contribution in [0.15, 0.2) is 22.7 Å². The molecule has 1 aromatic heterocycles. The summed E-state index contributed by atoms with van der Waals surface area (Å²) in [7, 11) is 1.90. The molecule has 0 saturated heterocycles. The number of nitrogens with zero attached hydrogens (tertiary/aromatic N) is 2. The van der Waals surface area contributed by atoms with Gasteiger partial charge in [-0.2, -0.15) is 4.98 Å². The normalized spacial score (nSPS) is 19.6. The number of aryl methyl sites for hydroxylation is 1. The van der Waals surface area contributed by atoms with Gasteiger partial charge in [-0.15, -0.1) is 38.0 Å². The first-order valence-corrected chi connectivity index (χ1v) is 12.2. The van der Waals surface area contributed by atoms with Crippen LogP contribution in [0.4, 0.5) is 24.9 Å². The topological polar surface area (TPSA) is 71.1 Å². The van der Waals surface area contributed by atoms with Crippen LogP contribution in [0.3, 0.4) is 0 Å². The van der Waals surface area contributed by atoms with Gasteiger partial charge in [0.25, 0.3) is 0 Å². The Labute approximate surface area is 224 Å². The first-order chi connectivity index (χ1) is 15.8. The molecule has 35 heavy (non-hydrogen) atoms. The summed E-state index contributed by atoms with van der Waals surface area (Å²) in [5.41, 5.74) is 2.87. The number of anilines is 2. The molecule has 2 aliphatic rings. The standard InChI is InChI=1S/C23H29BrF3N5O.2ClH/c1-28-21-18-4-2-3-5-19(18)31-22(32-21)30-17-10-8-16(9-11-17)29-13-14-6-7-15(24)12-20(14)33-23(25,26)27;;/h6-7,12,16-17,29H,2-5,8-11,13H2,1H3,(H2,28,30,31,32);2*1H. The van der Waals surface area contributed by atoms with Gasteiger partial charge >= 0.3 is 6.36 Å². The van der Waals surface area contributed by atoms with E-state index >= 15 is 0 Å². The smallest absolute Gasteiger partial charge is 0.405 e. The third-order valence-corrected chi connectivity index (χ3v) is 6.81. The third kappa shape index (κ3) is 8.27. The number of hydrogen-bond acceptors (Lipinski definition) is 6. The summed E-state index contributed by atoms with van der Waals surface area (Å²) in [4.78, 5) is 9.45. The van der Waals surface area contributed by atoms with Crippen LogP contribution in [0.25, 0.3) is 0 Å². The van der Waals surface area contributed by atoms with Crippen molar-refractivity contribution in [1.82, 2.24) is 15.3 Å². The fourth-order valence-corrected chi connectivity index (χ4v) is 4.98. The fourth-order valence-electron chi connectivity index (χ4n) is 4.64. The molecule has 0 atom stereocenters. The van der Waals surface area contributed by atoms with Gasteiger partial charge in [-0.05, 0) is 63.5 Å². The van der Waals surface area contributed by atoms with E-state index in [9.17, 15) is 13.2 Å². The number of halogens is 6. The molecule has 4 rings (SSSR count). The number of benzene rings is 1. The molecule has 6 nitrogen and oxygen atoms in total. The summed E-state index contributed by atoms with van der Waals surface area (Å²) in [5.74, 6) is 1.42. The van der Waals surface area contributed by atoms with Gasteiger partial charge in [0, 0.05) is 41.3 Å². The van der Waals surface area contributed by atoms with E-state index in [0.29, 0.717) is 22.5 Å². The lowest BCUT2D eigenvalue weighted by atomic mass is 9.91. The molecule has 1 saturated carbocycles. The summed E-state index contributed by atoms with van der Waals surface area (Å²) >= 11 is 3.21. The summed E-state index contributed by atoms with van der Waals surface area (Å²) in [5, 5.41) is 10.1. The lowest BCUT2D eigenvalue weighted by Crippen LogP contribution is -2.37. The second-order valence-corrected chi connectivity index (χ2v) is 9.57. The van der Waals surface area contributed by atoms with Crippen LogP contribution in [0, 0.1) is 0 Å². The van der Waals surface area contributed by atoms with Crippen LogP contribution in [0.5, 0.6) is 5.75 Å². The maximum atomic E-state index is 12.7. The van der Waals surface area contributed by atoms with Gasteiger partial charge in [-0.3, -0.25) is 0 Å². The molecule has 12 heteroatoms. The zero-order valence-electron chi connectivity index (χ0n) is 19.4. The van der Waals surface area contributed by atoms with Crippen LogP contribution in [0.2, 0.25) is 0 Å². The van der Waals surface area contributed by atoms with Gasteiger partial charge in [-0.1, -0.05) is 22.0 Å². The monoisotopic (exact) mass is 599 g/mol. The Hall–Kier alpha value is -1.49. The maximum Gasteiger partial charge on any atom is 0.573 e. The SMILES string of the molecule is CNc1nc(NC2CCC(NCc3ccc(Br)cc3OC(F)(F)F)CC2)nc2c1CCCC2.Cl.Cl. The summed E-state index contributed by atoms with van der Waals surface area (Å²) in [6.07, 6.45) is 3.38. The molecular formula is C23H31BrCl2F3N5O. The fraction of sp³-hybridized carbons (Fsp3) is 0.565. The highest BCUT2D eigenvalue weighted by molar-refractivity contribution is 9.10. The number of rotatable bonds is 7. The number of hydrogen-bond donors (Lipinski definition) is 3. The molecular weight excluding hydrogens is 570 g/mol. The maximum absolute atomic E-state index is 12.7. The van der Waals surface area contributed by atoms with Gasteiger partial charge in [0.1, 0.15) is 11.6 Å². The molecule has 2 aliphatic carbocycles. The number of fused-ring (bicyclic) bond motifs is 1. The summed E-state index contributed by atoms with van der Waals surface area (Å²) in [6, 6.07) is 5.24. The average molecular weight is 601 g/mol. The van der Waals surface area contributed by atoms with Gasteiger partial charge < -0.3 is 20.7 Å². The van der Waals surface area contributed by atoms with Crippen molar-refractivity contribution in [2.24, 2.45) is 0 Å². The van der Waals surface area contributed by atoms with E-state index in [4.69, 9.17) is 4.98 Å². The van der Waals surface area contributed by atoms with E-state index in [0.717, 1.165) is 56.5 Å². The predicted molar refractivity (Wildman–Crippen MR) is 140 cm³/mol. The molecule has 0 spiro atoms. The van der Waals surface area contributed by atoms with Crippen molar-refractivity contribution in [1.29, 1.82) is 0 Å². The largest absolute Gasteiger partial charge is 0.573 e. The Kier molecular flexibility index (Phi) is 11.2. The first kappa shape index (κ1) is 29.7. The Bertz CT molecular complexity index is 958. The molecule has 0 radical (unpaired) electrons. The van der Waals surface area contributed by atoms with Crippen molar-refractivity contribution in [2.45, 2.75) is 76.4 Å². The van der Waals surface area contributed by atoms with Gasteiger partial charge in [0.05, 0.1) is 5.69 Å². The molecule has 3 N–H and O–H groups in total. The summed E-state index contributed by atoms with van der Waals surface area (Å²) < 4.78 is 42.9. The molecule has 2 aromatic rings. The van der Waals surface area contributed by atoms with Crippen molar-refractivity contribution < 1.29 is 17.9 Å². The Morgan fingerprint density at radius 1 is 1.03 bits per heavy atom. The molecule has 0 aliphatic heterocycles. The minimum absolute atomic E-state index is 0. The second-order valence-electron chi connectivity index (χ2n) is 8.65. The molecule has 1 aromatic carbocycles. The van der Waals surface area contributed by atoms with Crippen LogP contribution in [0.1, 0.15) is 55.3 Å². The number of nitrogens with one attached hydrogen (secondary N) is 3. The van der Waals surface area contributed by atoms with Crippen molar-refractivity contribution in [3.63, 3.8) is 0 Å². The van der Waals surface area contributed by atoms with Crippen LogP contribution in [-0.2, 0) is 19.4 Å². The van der Waals surface area contributed by atoms with E-state index in [1.165, 1.54) is 18.1 Å². The van der Waals surface area contributed by atoms with Gasteiger partial charge in [0.2, 0.25) is 5.95 Å². The van der Waals surface area contributed by atoms with Crippen LogP contribution >= 0.6 is 40.7 Å². The zero-order chi connectivity index (χ0) is 23.4. The van der Waals surface area contributed by atoms with E-state index in [-0.39, 0.29) is 42.6 Å². The molecule has 1 heterocycles. The zero-order valence-corrected chi connectivity index (χ0v) is 22.6. The number of ether oxygens (including phenoxy) is 1. The highest BCUT2D eigenvalue weighted by Crippen LogP contribution is 2.31. The quantitative estimate of drug-likeness (QED) is 0.341. The van der Waals surface area contributed by atoms with Crippen molar-refractivity contribution in [2.75, 3.05) is 17.7 Å². The molecule has 196 valence electrons. The van der Waals surface area contributed by atoms with E-state index in [2.05, 4.69) is 41.6 Å². The second kappa shape index (κ2) is 13.2. The molecule has 0 amide bonds. The Balaban J connectivity index is 0.00000216. The van der Waals surface area contributed by atoms with Crippen molar-refractivity contribution >= 4 is 52.5 Å². The van der Waals surface area contributed by atoms with E-state index in [1.807, 2.05) is 7.05 Å². The molecule has 1 fully saturated rings. The predicted octanol–water partition coefficient (Wildman–Crippen LogP) is 6.41. The van der Waals surface area contributed by atoms with Crippen LogP contribution < -0.4 is 20.7 Å². The van der Waals surface area contributed by atoms with Crippen molar-refractivity contribution in [3.8, 4) is 5.75 Å². The minimum atomic E-state index is -4.72. The number of alkyl halides is 3. The average Bonchev–Trinajstić information content (AvgIpc) is 2.78. The highest BCUT2D eigenvalue weighted by Gasteiger charge is 2.32. The lowest BCUT2D eigenvalue weighted by Gasteiger charge is -2.30. The van der Waals surface area contributed by atoms with Crippen molar-refractivity contribution in [3.05, 3.63) is 39.5 Å². The Morgan fingerprint density at radius 2 is 1.71 bits per heavy atom.